The standard InChI is InChI=1S/C15H16N6O2/c16-8-11-6-12(7-13(17)15(11)21(22)23)20-5-1-2-10(9-20)14-3-4-18-19-14/h3-4,6-7,10H,1-2,5,9,17H2,(H,18,19). The Labute approximate surface area is 132 Å². The molecule has 1 aliphatic rings. The zero-order valence-electron chi connectivity index (χ0n) is 12.4. The van der Waals surface area contributed by atoms with E-state index < -0.39 is 4.92 Å². The molecule has 0 bridgehead atoms. The number of nitrogens with one attached hydrogen (secondary N) is 1. The van der Waals surface area contributed by atoms with Crippen molar-refractivity contribution in [3.8, 4) is 6.07 Å². The summed E-state index contributed by atoms with van der Waals surface area (Å²) in [6.07, 6.45) is 3.76. The molecule has 2 aromatic rings. The Bertz CT molecular complexity index is 765. The zero-order chi connectivity index (χ0) is 16.4. The Morgan fingerprint density at radius 2 is 2.35 bits per heavy atom. The maximum Gasteiger partial charge on any atom is 0.309 e. The third-order valence-corrected chi connectivity index (χ3v) is 4.18. The van der Waals surface area contributed by atoms with E-state index in [9.17, 15) is 15.4 Å². The van der Waals surface area contributed by atoms with Gasteiger partial charge in [-0.1, -0.05) is 0 Å². The van der Waals surface area contributed by atoms with Crippen molar-refractivity contribution in [1.82, 2.24) is 10.2 Å². The van der Waals surface area contributed by atoms with Crippen LogP contribution in [0.2, 0.25) is 0 Å². The van der Waals surface area contributed by atoms with E-state index in [-0.39, 0.29) is 16.9 Å². The summed E-state index contributed by atoms with van der Waals surface area (Å²) in [6, 6.07) is 6.95. The molecule has 0 amide bonds. The van der Waals surface area contributed by atoms with E-state index in [1.807, 2.05) is 12.1 Å². The number of nitriles is 1. The predicted octanol–water partition coefficient (Wildman–Crippen LogP) is 2.16. The van der Waals surface area contributed by atoms with E-state index in [2.05, 4.69) is 15.1 Å². The Morgan fingerprint density at radius 1 is 1.52 bits per heavy atom. The van der Waals surface area contributed by atoms with Gasteiger partial charge >= 0.3 is 5.69 Å². The molecule has 1 fully saturated rings. The highest BCUT2D eigenvalue weighted by atomic mass is 16.6. The van der Waals surface area contributed by atoms with Crippen molar-refractivity contribution in [2.24, 2.45) is 0 Å². The van der Waals surface area contributed by atoms with Gasteiger partial charge in [-0.3, -0.25) is 15.2 Å². The average molecular weight is 312 g/mol. The molecule has 1 aromatic carbocycles. The first kappa shape index (κ1) is 14.8. The first-order valence-electron chi connectivity index (χ1n) is 7.32. The van der Waals surface area contributed by atoms with Gasteiger partial charge in [0.1, 0.15) is 17.3 Å². The van der Waals surface area contributed by atoms with Gasteiger partial charge in [-0.15, -0.1) is 0 Å². The minimum atomic E-state index is -0.610. The van der Waals surface area contributed by atoms with Crippen LogP contribution in [-0.4, -0.2) is 28.2 Å². The Morgan fingerprint density at radius 3 is 3.00 bits per heavy atom. The fourth-order valence-electron chi connectivity index (χ4n) is 3.07. The normalized spacial score (nSPS) is 17.7. The van der Waals surface area contributed by atoms with Crippen LogP contribution in [0.1, 0.15) is 30.0 Å². The number of rotatable bonds is 3. The molecule has 0 radical (unpaired) electrons. The van der Waals surface area contributed by atoms with Gasteiger partial charge in [0.25, 0.3) is 0 Å². The van der Waals surface area contributed by atoms with E-state index in [1.165, 1.54) is 0 Å². The number of benzene rings is 1. The molecule has 1 atom stereocenters. The molecule has 3 N–H and O–H groups in total. The molecule has 8 heteroatoms. The third-order valence-electron chi connectivity index (χ3n) is 4.18. The van der Waals surface area contributed by atoms with Gasteiger partial charge in [-0.25, -0.2) is 0 Å². The minimum absolute atomic E-state index is 0.00587. The fourth-order valence-corrected chi connectivity index (χ4v) is 3.07. The second kappa shape index (κ2) is 5.96. The van der Waals surface area contributed by atoms with Crippen LogP contribution in [0.3, 0.4) is 0 Å². The number of H-pyrrole nitrogens is 1. The predicted molar refractivity (Wildman–Crippen MR) is 85.0 cm³/mol. The largest absolute Gasteiger partial charge is 0.393 e. The quantitative estimate of drug-likeness (QED) is 0.508. The van der Waals surface area contributed by atoms with Crippen molar-refractivity contribution in [1.29, 1.82) is 5.26 Å². The van der Waals surface area contributed by atoms with Crippen molar-refractivity contribution in [3.05, 3.63) is 45.8 Å². The van der Waals surface area contributed by atoms with Crippen LogP contribution in [0.5, 0.6) is 0 Å². The molecular weight excluding hydrogens is 296 g/mol. The van der Waals surface area contributed by atoms with Crippen LogP contribution < -0.4 is 10.6 Å². The second-order valence-electron chi connectivity index (χ2n) is 5.60. The lowest BCUT2D eigenvalue weighted by Crippen LogP contribution is -2.34. The number of nitrogens with zero attached hydrogens (tertiary/aromatic N) is 4. The van der Waals surface area contributed by atoms with Crippen molar-refractivity contribution < 1.29 is 4.92 Å². The smallest absolute Gasteiger partial charge is 0.309 e. The lowest BCUT2D eigenvalue weighted by molar-refractivity contribution is -0.384. The monoisotopic (exact) mass is 312 g/mol. The molecule has 0 spiro atoms. The van der Waals surface area contributed by atoms with Crippen LogP contribution in [-0.2, 0) is 0 Å². The Hall–Kier alpha value is -3.08. The molecule has 1 aliphatic heterocycles. The Balaban J connectivity index is 1.91. The van der Waals surface area contributed by atoms with E-state index in [0.29, 0.717) is 5.92 Å². The number of aromatic amines is 1. The van der Waals surface area contributed by atoms with Gasteiger partial charge in [0, 0.05) is 36.6 Å². The highest BCUT2D eigenvalue weighted by Crippen LogP contribution is 2.34. The molecule has 1 saturated heterocycles. The van der Waals surface area contributed by atoms with Gasteiger partial charge in [0.05, 0.1) is 4.92 Å². The maximum absolute atomic E-state index is 11.0. The lowest BCUT2D eigenvalue weighted by atomic mass is 9.94. The number of nitrogens with two attached hydrogens (primary N) is 1. The van der Waals surface area contributed by atoms with E-state index in [0.717, 1.165) is 37.3 Å². The van der Waals surface area contributed by atoms with Crippen LogP contribution in [0.15, 0.2) is 24.4 Å². The number of piperidine rings is 1. The SMILES string of the molecule is N#Cc1cc(N2CCCC(c3ccn[nH]3)C2)cc(N)c1[N+](=O)[O-]. The summed E-state index contributed by atoms with van der Waals surface area (Å²) in [5.74, 6) is 0.313. The second-order valence-corrected chi connectivity index (χ2v) is 5.60. The summed E-state index contributed by atoms with van der Waals surface area (Å²) in [7, 11) is 0. The van der Waals surface area contributed by atoms with Crippen molar-refractivity contribution in [3.63, 3.8) is 0 Å². The zero-order valence-corrected chi connectivity index (χ0v) is 12.4. The molecule has 0 aliphatic carbocycles. The average Bonchev–Trinajstić information content (AvgIpc) is 3.08. The molecule has 0 saturated carbocycles. The lowest BCUT2D eigenvalue weighted by Gasteiger charge is -2.34. The first-order valence-corrected chi connectivity index (χ1v) is 7.32. The van der Waals surface area contributed by atoms with Gasteiger partial charge in [0.15, 0.2) is 0 Å². The summed E-state index contributed by atoms with van der Waals surface area (Å²) >= 11 is 0. The molecular formula is C15H16N6O2. The number of hydrogen-bond donors (Lipinski definition) is 2. The van der Waals surface area contributed by atoms with Gasteiger partial charge in [-0.05, 0) is 31.0 Å². The van der Waals surface area contributed by atoms with E-state index in [4.69, 9.17) is 5.73 Å². The van der Waals surface area contributed by atoms with Gasteiger partial charge in [-0.2, -0.15) is 10.4 Å². The number of aromatic nitrogens is 2. The highest BCUT2D eigenvalue weighted by molar-refractivity contribution is 5.73. The molecule has 8 nitrogen and oxygen atoms in total. The van der Waals surface area contributed by atoms with Crippen molar-refractivity contribution >= 4 is 17.1 Å². The van der Waals surface area contributed by atoms with Crippen LogP contribution in [0, 0.1) is 21.4 Å². The van der Waals surface area contributed by atoms with E-state index >= 15 is 0 Å². The number of nitrogen functional groups attached to an aromatic ring is 1. The summed E-state index contributed by atoms with van der Waals surface area (Å²) in [6.45, 7) is 1.58. The summed E-state index contributed by atoms with van der Waals surface area (Å²) in [5, 5.41) is 27.2. The summed E-state index contributed by atoms with van der Waals surface area (Å²) in [4.78, 5) is 12.5. The number of nitro benzene ring substituents is 1. The highest BCUT2D eigenvalue weighted by Gasteiger charge is 2.26. The van der Waals surface area contributed by atoms with Crippen LogP contribution in [0.25, 0.3) is 0 Å². The minimum Gasteiger partial charge on any atom is -0.393 e. The molecule has 3 rings (SSSR count). The van der Waals surface area contributed by atoms with Crippen LogP contribution >= 0.6 is 0 Å². The van der Waals surface area contributed by atoms with Gasteiger partial charge < -0.3 is 10.6 Å². The molecule has 2 heterocycles. The Kier molecular flexibility index (Phi) is 3.85. The number of nitro groups is 1. The van der Waals surface area contributed by atoms with Gasteiger partial charge in [0.2, 0.25) is 0 Å². The van der Waals surface area contributed by atoms with Crippen molar-refractivity contribution in [2.45, 2.75) is 18.8 Å². The molecule has 1 aromatic heterocycles. The number of anilines is 2. The maximum atomic E-state index is 11.0. The van der Waals surface area contributed by atoms with Crippen LogP contribution in [0.4, 0.5) is 17.1 Å². The molecule has 118 valence electrons. The topological polar surface area (TPSA) is 125 Å². The molecule has 23 heavy (non-hydrogen) atoms. The summed E-state index contributed by atoms with van der Waals surface area (Å²) in [5.41, 5.74) is 7.31. The first-order chi connectivity index (χ1) is 11.1. The molecule has 1 unspecified atom stereocenters. The summed E-state index contributed by atoms with van der Waals surface area (Å²) < 4.78 is 0. The van der Waals surface area contributed by atoms with Crippen molar-refractivity contribution in [2.75, 3.05) is 23.7 Å². The van der Waals surface area contributed by atoms with E-state index in [1.54, 1.807) is 18.3 Å². The third kappa shape index (κ3) is 2.81. The fraction of sp³-hybridized carbons (Fsp3) is 0.333. The number of hydrogen-bond acceptors (Lipinski definition) is 6.